The molecular formula is C11H10N2O2. The van der Waals surface area contributed by atoms with Crippen LogP contribution in [0.15, 0.2) is 24.3 Å². The Morgan fingerprint density at radius 2 is 2.20 bits per heavy atom. The number of benzene rings is 1. The Labute approximate surface area is 87.7 Å². The Morgan fingerprint density at radius 3 is 2.67 bits per heavy atom. The van der Waals surface area contributed by atoms with Crippen LogP contribution in [0.2, 0.25) is 0 Å². The van der Waals surface area contributed by atoms with Gasteiger partial charge in [0, 0.05) is 5.69 Å². The van der Waals surface area contributed by atoms with Crippen molar-refractivity contribution in [2.75, 3.05) is 18.6 Å². The minimum atomic E-state index is -0.343. The first-order chi connectivity index (χ1) is 7.26. The van der Waals surface area contributed by atoms with Crippen LogP contribution in [0.25, 0.3) is 0 Å². The van der Waals surface area contributed by atoms with Crippen LogP contribution in [0.5, 0.6) is 0 Å². The molecule has 1 aliphatic rings. The highest BCUT2D eigenvalue weighted by Crippen LogP contribution is 2.27. The average Bonchev–Trinajstić information content (AvgIpc) is 3.07. The summed E-state index contributed by atoms with van der Waals surface area (Å²) in [5, 5.41) is 8.65. The van der Waals surface area contributed by atoms with Gasteiger partial charge in [0.2, 0.25) is 0 Å². The smallest absolute Gasteiger partial charge is 0.337 e. The number of nitriles is 1. The summed E-state index contributed by atoms with van der Waals surface area (Å²) < 4.78 is 4.59. The Kier molecular flexibility index (Phi) is 2.30. The quantitative estimate of drug-likeness (QED) is 0.534. The van der Waals surface area contributed by atoms with Gasteiger partial charge in [0.15, 0.2) is 0 Å². The van der Waals surface area contributed by atoms with Gasteiger partial charge >= 0.3 is 5.97 Å². The van der Waals surface area contributed by atoms with Crippen molar-refractivity contribution in [2.24, 2.45) is 0 Å². The molecule has 1 saturated heterocycles. The maximum Gasteiger partial charge on any atom is 0.337 e. The Bertz CT molecular complexity index is 419. The molecule has 0 amide bonds. The van der Waals surface area contributed by atoms with E-state index in [4.69, 9.17) is 5.26 Å². The van der Waals surface area contributed by atoms with Crippen molar-refractivity contribution in [1.82, 2.24) is 0 Å². The third-order valence-corrected chi connectivity index (χ3v) is 2.38. The van der Waals surface area contributed by atoms with Gasteiger partial charge in [-0.1, -0.05) is 0 Å². The SMILES string of the molecule is COC(=O)c1ccc(N2CC2C#N)cc1. The molecule has 0 spiro atoms. The maximum atomic E-state index is 11.1. The molecule has 0 aromatic heterocycles. The zero-order chi connectivity index (χ0) is 10.8. The largest absolute Gasteiger partial charge is 0.465 e. The molecule has 76 valence electrons. The van der Waals surface area contributed by atoms with E-state index in [0.29, 0.717) is 5.56 Å². The summed E-state index contributed by atoms with van der Waals surface area (Å²) in [5.74, 6) is -0.343. The molecule has 1 fully saturated rings. The molecule has 1 aliphatic heterocycles. The lowest BCUT2D eigenvalue weighted by molar-refractivity contribution is 0.0601. The number of rotatable bonds is 2. The van der Waals surface area contributed by atoms with Crippen LogP contribution in [0.4, 0.5) is 5.69 Å². The molecule has 1 heterocycles. The van der Waals surface area contributed by atoms with E-state index in [1.54, 1.807) is 12.1 Å². The Hall–Kier alpha value is -2.02. The summed E-state index contributed by atoms with van der Waals surface area (Å²) in [6, 6.07) is 9.22. The number of esters is 1. The number of ether oxygens (including phenoxy) is 1. The molecule has 0 radical (unpaired) electrons. The van der Waals surface area contributed by atoms with E-state index in [1.807, 2.05) is 17.0 Å². The highest BCUT2D eigenvalue weighted by Gasteiger charge is 2.33. The molecule has 15 heavy (non-hydrogen) atoms. The summed E-state index contributed by atoms with van der Waals surface area (Å²) in [6.07, 6.45) is 0. The van der Waals surface area contributed by atoms with Crippen molar-refractivity contribution in [1.29, 1.82) is 5.26 Å². The minimum absolute atomic E-state index is 0.00558. The molecule has 4 heteroatoms. The lowest BCUT2D eigenvalue weighted by Crippen LogP contribution is -2.02. The van der Waals surface area contributed by atoms with Gasteiger partial charge < -0.3 is 9.64 Å². The minimum Gasteiger partial charge on any atom is -0.465 e. The summed E-state index contributed by atoms with van der Waals surface area (Å²) >= 11 is 0. The zero-order valence-electron chi connectivity index (χ0n) is 8.30. The molecule has 1 aromatic carbocycles. The fraction of sp³-hybridized carbons (Fsp3) is 0.273. The Balaban J connectivity index is 2.12. The van der Waals surface area contributed by atoms with Crippen LogP contribution in [0, 0.1) is 11.3 Å². The van der Waals surface area contributed by atoms with Gasteiger partial charge in [-0.3, -0.25) is 0 Å². The van der Waals surface area contributed by atoms with Gasteiger partial charge in [0.25, 0.3) is 0 Å². The molecule has 1 unspecified atom stereocenters. The number of carbonyl (C=O) groups excluding carboxylic acids is 1. The fourth-order valence-electron chi connectivity index (χ4n) is 1.44. The monoisotopic (exact) mass is 202 g/mol. The third kappa shape index (κ3) is 1.77. The second-order valence-corrected chi connectivity index (χ2v) is 3.34. The maximum absolute atomic E-state index is 11.1. The molecule has 2 rings (SSSR count). The molecule has 0 bridgehead atoms. The van der Waals surface area contributed by atoms with Crippen LogP contribution >= 0.6 is 0 Å². The number of nitrogens with zero attached hydrogens (tertiary/aromatic N) is 2. The van der Waals surface area contributed by atoms with Crippen LogP contribution < -0.4 is 4.90 Å². The van der Waals surface area contributed by atoms with E-state index < -0.39 is 0 Å². The number of anilines is 1. The predicted molar refractivity (Wildman–Crippen MR) is 54.5 cm³/mol. The molecular weight excluding hydrogens is 192 g/mol. The first-order valence-corrected chi connectivity index (χ1v) is 4.61. The van der Waals surface area contributed by atoms with Crippen molar-refractivity contribution >= 4 is 11.7 Å². The third-order valence-electron chi connectivity index (χ3n) is 2.38. The van der Waals surface area contributed by atoms with Crippen LogP contribution in [-0.2, 0) is 4.74 Å². The van der Waals surface area contributed by atoms with Crippen molar-refractivity contribution in [2.45, 2.75) is 6.04 Å². The van der Waals surface area contributed by atoms with Crippen molar-refractivity contribution in [3.8, 4) is 6.07 Å². The van der Waals surface area contributed by atoms with Crippen molar-refractivity contribution in [3.63, 3.8) is 0 Å². The van der Waals surface area contributed by atoms with E-state index in [9.17, 15) is 4.79 Å². The van der Waals surface area contributed by atoms with Crippen LogP contribution in [-0.4, -0.2) is 25.7 Å². The van der Waals surface area contributed by atoms with Crippen molar-refractivity contribution in [3.05, 3.63) is 29.8 Å². The fourth-order valence-corrected chi connectivity index (χ4v) is 1.44. The molecule has 1 atom stereocenters. The molecule has 0 aliphatic carbocycles. The van der Waals surface area contributed by atoms with E-state index in [0.717, 1.165) is 12.2 Å². The highest BCUT2D eigenvalue weighted by molar-refractivity contribution is 5.89. The van der Waals surface area contributed by atoms with Gasteiger partial charge in [-0.25, -0.2) is 4.79 Å². The van der Waals surface area contributed by atoms with E-state index >= 15 is 0 Å². The highest BCUT2D eigenvalue weighted by atomic mass is 16.5. The van der Waals surface area contributed by atoms with Gasteiger partial charge in [0.05, 0.1) is 25.3 Å². The van der Waals surface area contributed by atoms with E-state index in [-0.39, 0.29) is 12.0 Å². The van der Waals surface area contributed by atoms with E-state index in [2.05, 4.69) is 10.8 Å². The summed E-state index contributed by atoms with van der Waals surface area (Å²) in [6.45, 7) is 0.772. The number of hydrogen-bond acceptors (Lipinski definition) is 4. The van der Waals surface area contributed by atoms with Gasteiger partial charge in [-0.15, -0.1) is 0 Å². The van der Waals surface area contributed by atoms with E-state index in [1.165, 1.54) is 7.11 Å². The molecule has 0 N–H and O–H groups in total. The van der Waals surface area contributed by atoms with Gasteiger partial charge in [-0.05, 0) is 24.3 Å². The summed E-state index contributed by atoms with van der Waals surface area (Å²) in [4.78, 5) is 13.1. The van der Waals surface area contributed by atoms with Gasteiger partial charge in [0.1, 0.15) is 6.04 Å². The second kappa shape index (κ2) is 3.62. The average molecular weight is 202 g/mol. The zero-order valence-corrected chi connectivity index (χ0v) is 8.30. The van der Waals surface area contributed by atoms with Crippen LogP contribution in [0.3, 0.4) is 0 Å². The molecule has 4 nitrogen and oxygen atoms in total. The predicted octanol–water partition coefficient (Wildman–Crippen LogP) is 1.19. The number of hydrogen-bond donors (Lipinski definition) is 0. The number of carbonyl (C=O) groups is 1. The lowest BCUT2D eigenvalue weighted by Gasteiger charge is -2.03. The number of methoxy groups -OCH3 is 1. The topological polar surface area (TPSA) is 53.1 Å². The van der Waals surface area contributed by atoms with Crippen molar-refractivity contribution < 1.29 is 9.53 Å². The molecule has 1 aromatic rings. The lowest BCUT2D eigenvalue weighted by atomic mass is 10.2. The summed E-state index contributed by atoms with van der Waals surface area (Å²) in [5.41, 5.74) is 1.49. The standard InChI is InChI=1S/C11H10N2O2/c1-15-11(14)8-2-4-9(5-3-8)13-7-10(13)6-12/h2-5,10H,7H2,1H3. The van der Waals surface area contributed by atoms with Gasteiger partial charge in [-0.2, -0.15) is 5.26 Å². The summed E-state index contributed by atoms with van der Waals surface area (Å²) in [7, 11) is 1.35. The normalized spacial score (nSPS) is 18.1. The Morgan fingerprint density at radius 1 is 1.53 bits per heavy atom. The first kappa shape index (κ1) is 9.53. The van der Waals surface area contributed by atoms with Crippen LogP contribution in [0.1, 0.15) is 10.4 Å². The molecule has 0 saturated carbocycles. The second-order valence-electron chi connectivity index (χ2n) is 3.34. The first-order valence-electron chi connectivity index (χ1n) is 4.61.